The van der Waals surface area contributed by atoms with Gasteiger partial charge in [-0.1, -0.05) is 18.9 Å². The van der Waals surface area contributed by atoms with E-state index in [-0.39, 0.29) is 11.4 Å². The van der Waals surface area contributed by atoms with Gasteiger partial charge in [-0.3, -0.25) is 4.68 Å². The average Bonchev–Trinajstić information content (AvgIpc) is 2.85. The molecule has 8 heteroatoms. The summed E-state index contributed by atoms with van der Waals surface area (Å²) in [6.45, 7) is 2.30. The summed E-state index contributed by atoms with van der Waals surface area (Å²) >= 11 is 0. The van der Waals surface area contributed by atoms with Crippen LogP contribution in [0, 0.1) is 0 Å². The number of pyridine rings is 1. The lowest BCUT2D eigenvalue weighted by molar-refractivity contribution is 0.581. The topological polar surface area (TPSA) is 80.1 Å². The second kappa shape index (κ2) is 7.31. The van der Waals surface area contributed by atoms with E-state index in [1.54, 1.807) is 13.2 Å². The lowest BCUT2D eigenvalue weighted by atomic mass is 10.2. The smallest absolute Gasteiger partial charge is 0.243 e. The molecule has 0 atom stereocenters. The number of nitrogens with one attached hydrogen (secondary N) is 1. The van der Waals surface area contributed by atoms with E-state index < -0.39 is 10.0 Å². The highest BCUT2D eigenvalue weighted by Crippen LogP contribution is 2.17. The van der Waals surface area contributed by atoms with Crippen LogP contribution in [-0.4, -0.2) is 36.3 Å². The van der Waals surface area contributed by atoms with Crippen LogP contribution in [0.5, 0.6) is 0 Å². The summed E-state index contributed by atoms with van der Waals surface area (Å²) in [5.74, 6) is 0.968. The fraction of sp³-hybridized carbons (Fsp3) is 0.500. The van der Waals surface area contributed by atoms with Crippen LogP contribution in [0.2, 0.25) is 0 Å². The largest absolute Gasteiger partial charge is 0.357 e. The van der Waals surface area contributed by atoms with E-state index in [2.05, 4.69) is 19.7 Å². The molecule has 0 spiro atoms. The first-order valence-corrected chi connectivity index (χ1v) is 9.71. The Kier molecular flexibility index (Phi) is 5.15. The van der Waals surface area contributed by atoms with Crippen LogP contribution in [0.25, 0.3) is 0 Å². The monoisotopic (exact) mass is 349 g/mol. The van der Waals surface area contributed by atoms with Crippen molar-refractivity contribution in [1.29, 1.82) is 0 Å². The molecule has 0 amide bonds. The summed E-state index contributed by atoms with van der Waals surface area (Å²) in [7, 11) is -1.86. The maximum absolute atomic E-state index is 12.2. The van der Waals surface area contributed by atoms with E-state index in [1.807, 2.05) is 12.1 Å². The molecule has 1 fully saturated rings. The first-order valence-electron chi connectivity index (χ1n) is 8.23. The first kappa shape index (κ1) is 16.9. The standard InChI is InChI=1S/C16H23N5O2S/c1-20-13-15(12-18-20)24(22,23)19-11-14-6-7-16(17-10-14)21-8-4-2-3-5-9-21/h6-7,10,12-13,19H,2-5,8-9,11H2,1H3. The quantitative estimate of drug-likeness (QED) is 0.888. The Morgan fingerprint density at radius 3 is 2.46 bits per heavy atom. The number of aromatic nitrogens is 3. The van der Waals surface area contributed by atoms with E-state index >= 15 is 0 Å². The zero-order valence-electron chi connectivity index (χ0n) is 13.9. The van der Waals surface area contributed by atoms with Gasteiger partial charge in [-0.05, 0) is 24.5 Å². The first-order chi connectivity index (χ1) is 11.5. The van der Waals surface area contributed by atoms with Gasteiger partial charge >= 0.3 is 0 Å². The molecule has 1 saturated heterocycles. The van der Waals surface area contributed by atoms with Gasteiger partial charge in [0.05, 0.1) is 6.20 Å². The van der Waals surface area contributed by atoms with Crippen LogP contribution < -0.4 is 9.62 Å². The molecule has 24 heavy (non-hydrogen) atoms. The number of aryl methyl sites for hydroxylation is 1. The molecule has 3 heterocycles. The van der Waals surface area contributed by atoms with Gasteiger partial charge in [0.25, 0.3) is 0 Å². The van der Waals surface area contributed by atoms with Crippen LogP contribution in [0.3, 0.4) is 0 Å². The van der Waals surface area contributed by atoms with E-state index in [0.29, 0.717) is 0 Å². The molecule has 0 bridgehead atoms. The second-order valence-corrected chi connectivity index (χ2v) is 7.87. The van der Waals surface area contributed by atoms with Gasteiger partial charge in [-0.2, -0.15) is 5.10 Å². The van der Waals surface area contributed by atoms with Gasteiger partial charge in [-0.15, -0.1) is 0 Å². The Bertz CT molecular complexity index is 762. The summed E-state index contributed by atoms with van der Waals surface area (Å²) < 4.78 is 28.4. The summed E-state index contributed by atoms with van der Waals surface area (Å²) in [6, 6.07) is 3.90. The highest BCUT2D eigenvalue weighted by molar-refractivity contribution is 7.89. The minimum Gasteiger partial charge on any atom is -0.357 e. The highest BCUT2D eigenvalue weighted by Gasteiger charge is 2.16. The van der Waals surface area contributed by atoms with Gasteiger partial charge in [0.15, 0.2) is 0 Å². The summed E-state index contributed by atoms with van der Waals surface area (Å²) in [4.78, 5) is 6.96. The van der Waals surface area contributed by atoms with Crippen molar-refractivity contribution in [1.82, 2.24) is 19.5 Å². The molecule has 0 aromatic carbocycles. The maximum atomic E-state index is 12.2. The van der Waals surface area contributed by atoms with Crippen molar-refractivity contribution in [3.63, 3.8) is 0 Å². The minimum atomic E-state index is -3.54. The fourth-order valence-corrected chi connectivity index (χ4v) is 3.81. The number of hydrogen-bond acceptors (Lipinski definition) is 5. The van der Waals surface area contributed by atoms with Crippen LogP contribution in [0.15, 0.2) is 35.6 Å². The lowest BCUT2D eigenvalue weighted by Gasteiger charge is -2.21. The summed E-state index contributed by atoms with van der Waals surface area (Å²) in [5.41, 5.74) is 0.834. The van der Waals surface area contributed by atoms with Gasteiger partial charge < -0.3 is 4.90 Å². The lowest BCUT2D eigenvalue weighted by Crippen LogP contribution is -2.25. The van der Waals surface area contributed by atoms with Crippen molar-refractivity contribution in [3.05, 3.63) is 36.3 Å². The molecule has 0 saturated carbocycles. The molecule has 2 aromatic heterocycles. The van der Waals surface area contributed by atoms with E-state index in [0.717, 1.165) is 24.5 Å². The molecule has 1 N–H and O–H groups in total. The zero-order chi connectivity index (χ0) is 17.0. The molecule has 0 unspecified atom stereocenters. The number of rotatable bonds is 5. The summed E-state index contributed by atoms with van der Waals surface area (Å²) in [5, 5.41) is 3.89. The second-order valence-electron chi connectivity index (χ2n) is 6.10. The molecule has 1 aliphatic rings. The third-order valence-corrected chi connectivity index (χ3v) is 5.55. The Labute approximate surface area is 142 Å². The van der Waals surface area contributed by atoms with Gasteiger partial charge in [0, 0.05) is 39.1 Å². The Balaban J connectivity index is 1.62. The van der Waals surface area contributed by atoms with Crippen molar-refractivity contribution in [3.8, 4) is 0 Å². The third kappa shape index (κ3) is 4.12. The van der Waals surface area contributed by atoms with Gasteiger partial charge in [-0.25, -0.2) is 18.1 Å². The zero-order valence-corrected chi connectivity index (χ0v) is 14.7. The molecule has 2 aromatic rings. The molecule has 0 aliphatic carbocycles. The van der Waals surface area contributed by atoms with Crippen LogP contribution in [0.1, 0.15) is 31.2 Å². The molecular weight excluding hydrogens is 326 g/mol. The fourth-order valence-electron chi connectivity index (χ4n) is 2.81. The summed E-state index contributed by atoms with van der Waals surface area (Å²) in [6.07, 6.45) is 9.52. The number of nitrogens with zero attached hydrogens (tertiary/aromatic N) is 4. The Morgan fingerprint density at radius 1 is 1.12 bits per heavy atom. The van der Waals surface area contributed by atoms with Gasteiger partial charge in [0.1, 0.15) is 10.7 Å². The van der Waals surface area contributed by atoms with Crippen molar-refractivity contribution in [2.24, 2.45) is 7.05 Å². The molecule has 3 rings (SSSR count). The van der Waals surface area contributed by atoms with Crippen LogP contribution >= 0.6 is 0 Å². The van der Waals surface area contributed by atoms with Crippen molar-refractivity contribution < 1.29 is 8.42 Å². The highest BCUT2D eigenvalue weighted by atomic mass is 32.2. The average molecular weight is 349 g/mol. The van der Waals surface area contributed by atoms with Crippen LogP contribution in [-0.2, 0) is 23.6 Å². The SMILES string of the molecule is Cn1cc(S(=O)(=O)NCc2ccc(N3CCCCCC3)nc2)cn1. The van der Waals surface area contributed by atoms with Crippen molar-refractivity contribution in [2.45, 2.75) is 37.1 Å². The van der Waals surface area contributed by atoms with E-state index in [9.17, 15) is 8.42 Å². The normalized spacial score (nSPS) is 16.1. The van der Waals surface area contributed by atoms with Crippen molar-refractivity contribution in [2.75, 3.05) is 18.0 Å². The molecule has 1 aliphatic heterocycles. The van der Waals surface area contributed by atoms with E-state index in [1.165, 1.54) is 42.8 Å². The number of sulfonamides is 1. The maximum Gasteiger partial charge on any atom is 0.243 e. The number of anilines is 1. The predicted molar refractivity (Wildman–Crippen MR) is 92.2 cm³/mol. The minimum absolute atomic E-state index is 0.166. The Morgan fingerprint density at radius 2 is 1.88 bits per heavy atom. The Hall–Kier alpha value is -1.93. The molecular formula is C16H23N5O2S. The third-order valence-electron chi connectivity index (χ3n) is 4.20. The molecule has 130 valence electrons. The van der Waals surface area contributed by atoms with E-state index in [4.69, 9.17) is 0 Å². The van der Waals surface area contributed by atoms with Gasteiger partial charge in [0.2, 0.25) is 10.0 Å². The van der Waals surface area contributed by atoms with Crippen LogP contribution in [0.4, 0.5) is 5.82 Å². The predicted octanol–water partition coefficient (Wildman–Crippen LogP) is 1.67. The molecule has 0 radical (unpaired) electrons. The van der Waals surface area contributed by atoms with Crippen molar-refractivity contribution >= 4 is 15.8 Å². The molecule has 7 nitrogen and oxygen atoms in total. The number of hydrogen-bond donors (Lipinski definition) is 1.